The van der Waals surface area contributed by atoms with E-state index < -0.39 is 23.4 Å². The van der Waals surface area contributed by atoms with E-state index in [2.05, 4.69) is 15.6 Å². The highest BCUT2D eigenvalue weighted by Gasteiger charge is 2.15. The van der Waals surface area contributed by atoms with Crippen molar-refractivity contribution in [1.29, 1.82) is 0 Å². The lowest BCUT2D eigenvalue weighted by atomic mass is 10.2. The summed E-state index contributed by atoms with van der Waals surface area (Å²) in [5.74, 6) is -4.90. The molecular weight excluding hydrogens is 283 g/mol. The Morgan fingerprint density at radius 2 is 1.90 bits per heavy atom. The minimum atomic E-state index is -1.58. The number of amides is 1. The summed E-state index contributed by atoms with van der Waals surface area (Å²) in [5.41, 5.74) is 0.577. The molecule has 0 aliphatic carbocycles. The molecule has 0 aliphatic rings. The first-order valence-corrected chi connectivity index (χ1v) is 6.16. The lowest BCUT2D eigenvalue weighted by molar-refractivity contribution is 0.102. The molecule has 110 valence electrons. The molecule has 7 heteroatoms. The van der Waals surface area contributed by atoms with Crippen LogP contribution in [-0.2, 0) is 0 Å². The fourth-order valence-corrected chi connectivity index (χ4v) is 1.75. The number of carbonyl (C=O) groups is 1. The first kappa shape index (κ1) is 14.8. The van der Waals surface area contributed by atoms with E-state index in [0.717, 1.165) is 0 Å². The van der Waals surface area contributed by atoms with Gasteiger partial charge in [-0.1, -0.05) is 0 Å². The smallest absolute Gasteiger partial charge is 0.257 e. The zero-order valence-corrected chi connectivity index (χ0v) is 11.1. The summed E-state index contributed by atoms with van der Waals surface area (Å²) in [7, 11) is 0. The third-order valence-electron chi connectivity index (χ3n) is 2.67. The maximum Gasteiger partial charge on any atom is 0.257 e. The summed E-state index contributed by atoms with van der Waals surface area (Å²) in [6, 6.07) is 2.89. The van der Waals surface area contributed by atoms with Crippen molar-refractivity contribution >= 4 is 17.3 Å². The molecule has 0 saturated heterocycles. The van der Waals surface area contributed by atoms with E-state index in [1.807, 2.05) is 6.92 Å². The second-order valence-electron chi connectivity index (χ2n) is 4.16. The van der Waals surface area contributed by atoms with Gasteiger partial charge in [-0.05, 0) is 13.0 Å². The molecule has 0 radical (unpaired) electrons. The molecule has 0 fully saturated rings. The van der Waals surface area contributed by atoms with Gasteiger partial charge in [0.2, 0.25) is 0 Å². The third kappa shape index (κ3) is 3.31. The van der Waals surface area contributed by atoms with Crippen molar-refractivity contribution in [1.82, 2.24) is 4.98 Å². The van der Waals surface area contributed by atoms with Crippen molar-refractivity contribution < 1.29 is 18.0 Å². The predicted octanol–water partition coefficient (Wildman–Crippen LogP) is 3.18. The van der Waals surface area contributed by atoms with Crippen LogP contribution in [0.25, 0.3) is 0 Å². The van der Waals surface area contributed by atoms with Crippen LogP contribution in [0.5, 0.6) is 0 Å². The molecule has 21 heavy (non-hydrogen) atoms. The molecule has 0 saturated carbocycles. The maximum absolute atomic E-state index is 13.1. The van der Waals surface area contributed by atoms with Crippen LogP contribution in [0.3, 0.4) is 0 Å². The molecule has 4 nitrogen and oxygen atoms in total. The zero-order chi connectivity index (χ0) is 15.4. The number of nitrogens with zero attached hydrogens (tertiary/aromatic N) is 1. The van der Waals surface area contributed by atoms with Crippen molar-refractivity contribution in [3.05, 3.63) is 53.6 Å². The van der Waals surface area contributed by atoms with Gasteiger partial charge in [-0.15, -0.1) is 0 Å². The highest BCUT2D eigenvalue weighted by Crippen LogP contribution is 2.20. The Hall–Kier alpha value is -2.57. The number of halogens is 3. The summed E-state index contributed by atoms with van der Waals surface area (Å²) >= 11 is 0. The van der Waals surface area contributed by atoms with Crippen LogP contribution >= 0.6 is 0 Å². The molecule has 0 aliphatic heterocycles. The Morgan fingerprint density at radius 3 is 2.52 bits per heavy atom. The van der Waals surface area contributed by atoms with E-state index in [4.69, 9.17) is 0 Å². The van der Waals surface area contributed by atoms with E-state index in [9.17, 15) is 18.0 Å². The summed E-state index contributed by atoms with van der Waals surface area (Å²) in [5, 5.41) is 5.26. The quantitative estimate of drug-likeness (QED) is 0.852. The molecule has 0 atom stereocenters. The number of carbonyl (C=O) groups excluding carboxylic acids is 1. The topological polar surface area (TPSA) is 54.0 Å². The van der Waals surface area contributed by atoms with Gasteiger partial charge in [0.05, 0.1) is 17.4 Å². The lowest BCUT2D eigenvalue weighted by Gasteiger charge is -2.10. The average molecular weight is 295 g/mol. The van der Waals surface area contributed by atoms with Crippen LogP contribution < -0.4 is 10.6 Å². The Labute approximate surface area is 119 Å². The highest BCUT2D eigenvalue weighted by atomic mass is 19.2. The molecule has 1 heterocycles. The van der Waals surface area contributed by atoms with E-state index in [1.54, 1.807) is 0 Å². The summed E-state index contributed by atoms with van der Waals surface area (Å²) in [6.45, 7) is 2.42. The van der Waals surface area contributed by atoms with Crippen molar-refractivity contribution in [2.24, 2.45) is 0 Å². The normalized spacial score (nSPS) is 10.3. The molecule has 2 rings (SSSR count). The van der Waals surface area contributed by atoms with Gasteiger partial charge < -0.3 is 10.6 Å². The van der Waals surface area contributed by atoms with Crippen LogP contribution in [0, 0.1) is 17.5 Å². The molecule has 0 bridgehead atoms. The van der Waals surface area contributed by atoms with Crippen LogP contribution in [0.1, 0.15) is 17.3 Å². The largest absolute Gasteiger partial charge is 0.383 e. The number of nitrogens with one attached hydrogen (secondary N) is 2. The van der Waals surface area contributed by atoms with Crippen LogP contribution in [0.2, 0.25) is 0 Å². The number of rotatable bonds is 4. The standard InChI is InChI=1S/C14H12F3N3O/c1-2-19-12-7-18-4-3-9(12)14(21)20-8-5-10(15)13(17)11(16)6-8/h3-7,19H,2H2,1H3,(H,20,21). The van der Waals surface area contributed by atoms with Crippen LogP contribution in [-0.4, -0.2) is 17.4 Å². The second-order valence-corrected chi connectivity index (χ2v) is 4.16. The van der Waals surface area contributed by atoms with Gasteiger partial charge in [0.1, 0.15) is 0 Å². The van der Waals surface area contributed by atoms with Gasteiger partial charge in [0.25, 0.3) is 5.91 Å². The number of aromatic nitrogens is 1. The lowest BCUT2D eigenvalue weighted by Crippen LogP contribution is -2.15. The van der Waals surface area contributed by atoms with E-state index in [0.29, 0.717) is 24.4 Å². The van der Waals surface area contributed by atoms with Crippen LogP contribution in [0.4, 0.5) is 24.5 Å². The fraction of sp³-hybridized carbons (Fsp3) is 0.143. The minimum absolute atomic E-state index is 0.171. The molecule has 1 aromatic heterocycles. The van der Waals surface area contributed by atoms with Gasteiger partial charge >= 0.3 is 0 Å². The average Bonchev–Trinajstić information content (AvgIpc) is 2.45. The maximum atomic E-state index is 13.1. The highest BCUT2D eigenvalue weighted by molar-refractivity contribution is 6.07. The molecule has 1 aromatic carbocycles. The predicted molar refractivity (Wildman–Crippen MR) is 72.7 cm³/mol. The second kappa shape index (κ2) is 6.25. The Kier molecular flexibility index (Phi) is 4.42. The molecule has 0 unspecified atom stereocenters. The van der Waals surface area contributed by atoms with Gasteiger partial charge in [-0.2, -0.15) is 0 Å². The summed E-state index contributed by atoms with van der Waals surface area (Å²) < 4.78 is 39.1. The third-order valence-corrected chi connectivity index (χ3v) is 2.67. The first-order valence-electron chi connectivity index (χ1n) is 6.16. The van der Waals surface area contributed by atoms with E-state index in [1.165, 1.54) is 18.5 Å². The number of hydrogen-bond donors (Lipinski definition) is 2. The molecule has 2 N–H and O–H groups in total. The fourth-order valence-electron chi connectivity index (χ4n) is 1.75. The van der Waals surface area contributed by atoms with Crippen molar-refractivity contribution in [2.45, 2.75) is 6.92 Å². The van der Waals surface area contributed by atoms with E-state index >= 15 is 0 Å². The zero-order valence-electron chi connectivity index (χ0n) is 11.1. The number of hydrogen-bond acceptors (Lipinski definition) is 3. The molecule has 1 amide bonds. The van der Waals surface area contributed by atoms with Crippen LogP contribution in [0.15, 0.2) is 30.6 Å². The summed E-state index contributed by atoms with van der Waals surface area (Å²) in [4.78, 5) is 16.0. The van der Waals surface area contributed by atoms with Crippen molar-refractivity contribution in [3.8, 4) is 0 Å². The molecule has 0 spiro atoms. The number of pyridine rings is 1. The van der Waals surface area contributed by atoms with Gasteiger partial charge in [-0.25, -0.2) is 13.2 Å². The molecular formula is C14H12F3N3O. The van der Waals surface area contributed by atoms with Gasteiger partial charge in [0.15, 0.2) is 17.5 Å². The number of anilines is 2. The molecule has 2 aromatic rings. The van der Waals surface area contributed by atoms with Crippen molar-refractivity contribution in [2.75, 3.05) is 17.2 Å². The first-order chi connectivity index (χ1) is 10.0. The van der Waals surface area contributed by atoms with E-state index in [-0.39, 0.29) is 11.3 Å². The van der Waals surface area contributed by atoms with Gasteiger partial charge in [0, 0.05) is 30.6 Å². The Balaban J connectivity index is 2.26. The van der Waals surface area contributed by atoms with Crippen molar-refractivity contribution in [3.63, 3.8) is 0 Å². The Bertz CT molecular complexity index is 653. The minimum Gasteiger partial charge on any atom is -0.383 e. The summed E-state index contributed by atoms with van der Waals surface area (Å²) in [6.07, 6.45) is 2.88. The Morgan fingerprint density at radius 1 is 1.24 bits per heavy atom. The van der Waals surface area contributed by atoms with Gasteiger partial charge in [-0.3, -0.25) is 9.78 Å². The number of benzene rings is 1. The monoisotopic (exact) mass is 295 g/mol. The SMILES string of the molecule is CCNc1cnccc1C(=O)Nc1cc(F)c(F)c(F)c1.